The van der Waals surface area contributed by atoms with Gasteiger partial charge in [-0.15, -0.1) is 0 Å². The molecule has 2 N–H and O–H groups in total. The van der Waals surface area contributed by atoms with E-state index < -0.39 is 17.7 Å². The van der Waals surface area contributed by atoms with Gasteiger partial charge in [-0.3, -0.25) is 4.79 Å². The lowest BCUT2D eigenvalue weighted by molar-refractivity contribution is -0.125. The molecule has 1 amide bonds. The van der Waals surface area contributed by atoms with Crippen LogP contribution in [-0.2, 0) is 9.53 Å². The number of carbonyl (C=O) groups excluding carboxylic acids is 1. The predicted molar refractivity (Wildman–Crippen MR) is 53.8 cm³/mol. The van der Waals surface area contributed by atoms with Crippen LogP contribution in [0.25, 0.3) is 0 Å². The van der Waals surface area contributed by atoms with Gasteiger partial charge in [0.25, 0.3) is 0 Å². The second-order valence-electron chi connectivity index (χ2n) is 4.52. The maximum absolute atomic E-state index is 11.8. The van der Waals surface area contributed by atoms with Crippen molar-refractivity contribution in [3.63, 3.8) is 0 Å². The molecule has 2 unspecified atom stereocenters. The number of carbonyl (C=O) groups is 2. The number of epoxide rings is 1. The number of ether oxygens (including phenoxy) is 1. The summed E-state index contributed by atoms with van der Waals surface area (Å²) >= 11 is 0. The van der Waals surface area contributed by atoms with E-state index in [0.717, 1.165) is 0 Å². The molecule has 2 atom stereocenters. The quantitative estimate of drug-likeness (QED) is 0.671. The number of Topliss-reactive ketones (excluding diaryl/α,β-unsaturated/α-hetero) is 1. The van der Waals surface area contributed by atoms with Crippen molar-refractivity contribution in [3.8, 4) is 0 Å². The molecule has 1 aliphatic rings. The minimum Gasteiger partial charge on any atom is -0.465 e. The molecule has 5 nitrogen and oxygen atoms in total. The van der Waals surface area contributed by atoms with E-state index >= 15 is 0 Å². The van der Waals surface area contributed by atoms with Gasteiger partial charge in [0, 0.05) is 0 Å². The third-order valence-corrected chi connectivity index (χ3v) is 2.42. The summed E-state index contributed by atoms with van der Waals surface area (Å²) in [6, 6.07) is -0.657. The Morgan fingerprint density at radius 1 is 1.53 bits per heavy atom. The van der Waals surface area contributed by atoms with Gasteiger partial charge < -0.3 is 15.2 Å². The molecule has 15 heavy (non-hydrogen) atoms. The average molecular weight is 215 g/mol. The Hall–Kier alpha value is -1.10. The first-order chi connectivity index (χ1) is 6.85. The summed E-state index contributed by atoms with van der Waals surface area (Å²) in [5, 5.41) is 10.9. The summed E-state index contributed by atoms with van der Waals surface area (Å²) in [5.74, 6) is 0.0896. The number of hydrogen-bond donors (Lipinski definition) is 2. The Balaban J connectivity index is 2.62. The average Bonchev–Trinajstić information content (AvgIpc) is 2.81. The van der Waals surface area contributed by atoms with Crippen LogP contribution in [0.2, 0.25) is 0 Å². The van der Waals surface area contributed by atoms with E-state index in [-0.39, 0.29) is 11.7 Å². The van der Waals surface area contributed by atoms with Crippen molar-refractivity contribution in [1.29, 1.82) is 0 Å². The van der Waals surface area contributed by atoms with Gasteiger partial charge in [-0.05, 0) is 19.3 Å². The third kappa shape index (κ3) is 3.20. The molecule has 1 fully saturated rings. The number of nitrogens with one attached hydrogen (secondary N) is 1. The highest BCUT2D eigenvalue weighted by Gasteiger charge is 2.50. The van der Waals surface area contributed by atoms with Gasteiger partial charge in [0.15, 0.2) is 5.78 Å². The molecule has 1 rings (SSSR count). The van der Waals surface area contributed by atoms with Crippen LogP contribution < -0.4 is 5.32 Å². The van der Waals surface area contributed by atoms with Gasteiger partial charge in [-0.25, -0.2) is 4.79 Å². The maximum atomic E-state index is 11.8. The first kappa shape index (κ1) is 12.0. The molecule has 0 spiro atoms. The fourth-order valence-corrected chi connectivity index (χ4v) is 1.47. The normalized spacial score (nSPS) is 26.1. The van der Waals surface area contributed by atoms with E-state index in [1.54, 1.807) is 6.92 Å². The van der Waals surface area contributed by atoms with Gasteiger partial charge in [-0.1, -0.05) is 13.8 Å². The van der Waals surface area contributed by atoms with Crippen molar-refractivity contribution < 1.29 is 19.4 Å². The Morgan fingerprint density at radius 3 is 2.40 bits per heavy atom. The molecule has 86 valence electrons. The molecule has 0 aromatic carbocycles. The molecule has 0 aliphatic carbocycles. The van der Waals surface area contributed by atoms with Crippen molar-refractivity contribution in [2.75, 3.05) is 6.61 Å². The highest BCUT2D eigenvalue weighted by Crippen LogP contribution is 2.29. The topological polar surface area (TPSA) is 78.9 Å². The van der Waals surface area contributed by atoms with Gasteiger partial charge in [0.1, 0.15) is 5.60 Å². The summed E-state index contributed by atoms with van der Waals surface area (Å²) in [6.45, 7) is 5.97. The molecule has 1 saturated heterocycles. The number of hydrogen-bond acceptors (Lipinski definition) is 3. The largest absolute Gasteiger partial charge is 0.465 e. The minimum atomic E-state index is -1.17. The fourth-order valence-electron chi connectivity index (χ4n) is 1.47. The fraction of sp³-hybridized carbons (Fsp3) is 0.800. The summed E-state index contributed by atoms with van der Waals surface area (Å²) in [5.41, 5.74) is -0.762. The van der Waals surface area contributed by atoms with Crippen molar-refractivity contribution >= 4 is 11.9 Å². The molecule has 0 saturated carbocycles. The van der Waals surface area contributed by atoms with Crippen molar-refractivity contribution in [1.82, 2.24) is 5.32 Å². The summed E-state index contributed by atoms with van der Waals surface area (Å²) < 4.78 is 5.02. The molecule has 0 bridgehead atoms. The van der Waals surface area contributed by atoms with Crippen LogP contribution in [0.4, 0.5) is 4.79 Å². The Morgan fingerprint density at radius 2 is 2.07 bits per heavy atom. The molecule has 1 heterocycles. The standard InChI is InChI=1S/C10H17NO4/c1-6(2)4-7(11-9(13)14)8(12)10(3)5-15-10/h6-7,11H,4-5H2,1-3H3,(H,13,14). The van der Waals surface area contributed by atoms with E-state index in [2.05, 4.69) is 5.32 Å². The molecule has 0 aromatic heterocycles. The predicted octanol–water partition coefficient (Wildman–Crippen LogP) is 1.03. The molecular formula is C10H17NO4. The van der Waals surface area contributed by atoms with Crippen molar-refractivity contribution in [2.24, 2.45) is 5.92 Å². The SMILES string of the molecule is CC(C)CC(NC(=O)O)C(=O)C1(C)CO1. The summed E-state index contributed by atoms with van der Waals surface area (Å²) in [6.07, 6.45) is -0.664. The van der Waals surface area contributed by atoms with Gasteiger partial charge in [0.2, 0.25) is 0 Å². The third-order valence-electron chi connectivity index (χ3n) is 2.42. The monoisotopic (exact) mass is 215 g/mol. The van der Waals surface area contributed by atoms with Gasteiger partial charge >= 0.3 is 6.09 Å². The molecule has 1 aliphatic heterocycles. The second-order valence-corrected chi connectivity index (χ2v) is 4.52. The van der Waals surface area contributed by atoms with Crippen LogP contribution in [-0.4, -0.2) is 35.2 Å². The van der Waals surface area contributed by atoms with E-state index in [1.165, 1.54) is 0 Å². The highest BCUT2D eigenvalue weighted by atomic mass is 16.6. The van der Waals surface area contributed by atoms with Crippen molar-refractivity contribution in [2.45, 2.75) is 38.8 Å². The maximum Gasteiger partial charge on any atom is 0.405 e. The lowest BCUT2D eigenvalue weighted by atomic mass is 9.94. The van der Waals surface area contributed by atoms with Gasteiger partial charge in [0.05, 0.1) is 12.6 Å². The molecule has 5 heteroatoms. The zero-order valence-electron chi connectivity index (χ0n) is 9.24. The molecule has 0 radical (unpaired) electrons. The van der Waals surface area contributed by atoms with Gasteiger partial charge in [-0.2, -0.15) is 0 Å². The van der Waals surface area contributed by atoms with Crippen LogP contribution in [0.5, 0.6) is 0 Å². The van der Waals surface area contributed by atoms with E-state index in [0.29, 0.717) is 13.0 Å². The first-order valence-corrected chi connectivity index (χ1v) is 5.03. The summed E-state index contributed by atoms with van der Waals surface area (Å²) in [7, 11) is 0. The van der Waals surface area contributed by atoms with Crippen molar-refractivity contribution in [3.05, 3.63) is 0 Å². The minimum absolute atomic E-state index is 0.168. The first-order valence-electron chi connectivity index (χ1n) is 5.03. The Labute approximate surface area is 88.8 Å². The van der Waals surface area contributed by atoms with E-state index in [1.807, 2.05) is 13.8 Å². The zero-order chi connectivity index (χ0) is 11.6. The number of rotatable bonds is 5. The lowest BCUT2D eigenvalue weighted by Crippen LogP contribution is -2.46. The number of ketones is 1. The van der Waals surface area contributed by atoms with Crippen LogP contribution >= 0.6 is 0 Å². The number of carboxylic acid groups (broad SMARTS) is 1. The van der Waals surface area contributed by atoms with E-state index in [4.69, 9.17) is 9.84 Å². The second kappa shape index (κ2) is 4.18. The highest BCUT2D eigenvalue weighted by molar-refractivity contribution is 5.95. The summed E-state index contributed by atoms with van der Waals surface area (Å²) in [4.78, 5) is 22.4. The lowest BCUT2D eigenvalue weighted by Gasteiger charge is -2.19. The Kier molecular flexibility index (Phi) is 3.34. The molecular weight excluding hydrogens is 198 g/mol. The zero-order valence-corrected chi connectivity index (χ0v) is 9.24. The smallest absolute Gasteiger partial charge is 0.405 e. The van der Waals surface area contributed by atoms with Crippen LogP contribution in [0.1, 0.15) is 27.2 Å². The van der Waals surface area contributed by atoms with Crippen LogP contribution in [0.3, 0.4) is 0 Å². The molecule has 0 aromatic rings. The Bertz CT molecular complexity index is 271. The van der Waals surface area contributed by atoms with E-state index in [9.17, 15) is 9.59 Å². The van der Waals surface area contributed by atoms with Crippen LogP contribution in [0, 0.1) is 5.92 Å². The van der Waals surface area contributed by atoms with Crippen LogP contribution in [0.15, 0.2) is 0 Å². The number of amides is 1.